The third-order valence-electron chi connectivity index (χ3n) is 4.99. The molecular formula is C20H17N5O3. The lowest BCUT2D eigenvalue weighted by molar-refractivity contribution is -0.105. The number of nitrogens with one attached hydrogen (secondary N) is 3. The van der Waals surface area contributed by atoms with Crippen LogP contribution >= 0.6 is 0 Å². The molecule has 1 aliphatic rings. The van der Waals surface area contributed by atoms with E-state index in [9.17, 15) is 9.59 Å². The molecule has 28 heavy (non-hydrogen) atoms. The first-order valence-corrected chi connectivity index (χ1v) is 8.99. The molecule has 8 nitrogen and oxygen atoms in total. The number of rotatable bonds is 2. The highest BCUT2D eigenvalue weighted by Gasteiger charge is 2.24. The van der Waals surface area contributed by atoms with Gasteiger partial charge in [0.2, 0.25) is 0 Å². The number of para-hydroxylation sites is 2. The van der Waals surface area contributed by atoms with Gasteiger partial charge < -0.3 is 9.82 Å². The van der Waals surface area contributed by atoms with E-state index in [2.05, 4.69) is 20.5 Å². The van der Waals surface area contributed by atoms with Crippen LogP contribution in [0.25, 0.3) is 21.8 Å². The first-order chi connectivity index (χ1) is 13.7. The highest BCUT2D eigenvalue weighted by molar-refractivity contribution is 5.96. The highest BCUT2D eigenvalue weighted by Crippen LogP contribution is 2.24. The van der Waals surface area contributed by atoms with E-state index in [1.807, 2.05) is 48.5 Å². The fourth-order valence-electron chi connectivity index (χ4n) is 3.67. The molecule has 0 unspecified atom stereocenters. The van der Waals surface area contributed by atoms with Gasteiger partial charge in [-0.15, -0.1) is 5.06 Å². The van der Waals surface area contributed by atoms with Gasteiger partial charge in [-0.2, -0.15) is 5.10 Å². The molecule has 0 radical (unpaired) electrons. The zero-order valence-electron chi connectivity index (χ0n) is 14.9. The van der Waals surface area contributed by atoms with E-state index in [4.69, 9.17) is 4.84 Å². The molecule has 0 spiro atoms. The third kappa shape index (κ3) is 2.80. The Hall–Kier alpha value is -3.65. The minimum absolute atomic E-state index is 0.152. The van der Waals surface area contributed by atoms with E-state index in [1.54, 1.807) is 0 Å². The summed E-state index contributed by atoms with van der Waals surface area (Å²) < 4.78 is 0. The van der Waals surface area contributed by atoms with Crippen molar-refractivity contribution in [1.82, 2.24) is 20.2 Å². The molecule has 8 heteroatoms. The largest absolute Gasteiger partial charge is 0.432 e. The summed E-state index contributed by atoms with van der Waals surface area (Å²) in [7, 11) is 0. The summed E-state index contributed by atoms with van der Waals surface area (Å²) in [6, 6.07) is 15.2. The number of hydroxylamine groups is 2. The van der Waals surface area contributed by atoms with Crippen molar-refractivity contribution < 1.29 is 9.63 Å². The number of pyridine rings is 1. The second kappa shape index (κ2) is 6.50. The van der Waals surface area contributed by atoms with Crippen LogP contribution in [0.1, 0.15) is 11.1 Å². The Morgan fingerprint density at radius 1 is 1.04 bits per heavy atom. The first kappa shape index (κ1) is 16.5. The van der Waals surface area contributed by atoms with E-state index in [1.165, 1.54) is 5.06 Å². The van der Waals surface area contributed by atoms with E-state index in [0.717, 1.165) is 27.4 Å². The van der Waals surface area contributed by atoms with Gasteiger partial charge in [-0.3, -0.25) is 15.2 Å². The molecule has 0 bridgehead atoms. The molecule has 0 fully saturated rings. The van der Waals surface area contributed by atoms with Crippen molar-refractivity contribution >= 4 is 33.7 Å². The number of H-pyrrole nitrogens is 2. The summed E-state index contributed by atoms with van der Waals surface area (Å²) in [4.78, 5) is 33.1. The number of hydrogen-bond donors (Lipinski definition) is 3. The summed E-state index contributed by atoms with van der Waals surface area (Å²) in [5.74, 6) is 0.404. The molecule has 2 aromatic carbocycles. The number of carbonyl (C=O) groups is 1. The summed E-state index contributed by atoms with van der Waals surface area (Å²) in [5.41, 5.74) is 3.13. The molecular weight excluding hydrogens is 358 g/mol. The Morgan fingerprint density at radius 2 is 1.79 bits per heavy atom. The number of hydrogen-bond acceptors (Lipinski definition) is 5. The Kier molecular flexibility index (Phi) is 3.84. The zero-order chi connectivity index (χ0) is 19.1. The summed E-state index contributed by atoms with van der Waals surface area (Å²) >= 11 is 0. The molecule has 1 amide bonds. The second-order valence-electron chi connectivity index (χ2n) is 6.69. The van der Waals surface area contributed by atoms with Crippen LogP contribution in [0.3, 0.4) is 0 Å². The van der Waals surface area contributed by atoms with Crippen molar-refractivity contribution in [3.63, 3.8) is 0 Å². The van der Waals surface area contributed by atoms with Crippen LogP contribution in [0.4, 0.5) is 10.6 Å². The molecule has 0 saturated heterocycles. The maximum Gasteiger partial charge on any atom is 0.432 e. The van der Waals surface area contributed by atoms with Crippen molar-refractivity contribution in [2.75, 3.05) is 11.9 Å². The topological polar surface area (TPSA) is 103 Å². The Morgan fingerprint density at radius 3 is 2.64 bits per heavy atom. The molecule has 3 N–H and O–H groups in total. The average Bonchev–Trinajstić information content (AvgIpc) is 3.11. The predicted molar refractivity (Wildman–Crippen MR) is 105 cm³/mol. The van der Waals surface area contributed by atoms with E-state index in [0.29, 0.717) is 24.3 Å². The van der Waals surface area contributed by atoms with Crippen LogP contribution in [0.15, 0.2) is 53.3 Å². The molecule has 0 saturated carbocycles. The van der Waals surface area contributed by atoms with E-state index in [-0.39, 0.29) is 12.1 Å². The number of anilines is 1. The zero-order valence-corrected chi connectivity index (χ0v) is 14.9. The van der Waals surface area contributed by atoms with Gasteiger partial charge in [-0.25, -0.2) is 4.79 Å². The number of nitrogens with zero attached hydrogens (tertiary/aromatic N) is 2. The number of amides is 1. The lowest BCUT2D eigenvalue weighted by atomic mass is 9.97. The van der Waals surface area contributed by atoms with Crippen molar-refractivity contribution in [2.45, 2.75) is 13.0 Å². The van der Waals surface area contributed by atoms with Crippen LogP contribution in [-0.4, -0.2) is 32.9 Å². The lowest BCUT2D eigenvalue weighted by Gasteiger charge is -2.27. The summed E-state index contributed by atoms with van der Waals surface area (Å²) in [5, 5.41) is 12.9. The monoisotopic (exact) mass is 375 g/mol. The number of fused-ring (bicyclic) bond motifs is 4. The highest BCUT2D eigenvalue weighted by atomic mass is 16.7. The fourth-order valence-corrected chi connectivity index (χ4v) is 3.67. The maximum atomic E-state index is 12.5. The van der Waals surface area contributed by atoms with Gasteiger partial charge in [0.25, 0.3) is 5.56 Å². The predicted octanol–water partition coefficient (Wildman–Crippen LogP) is 2.93. The number of aromatic amines is 2. The van der Waals surface area contributed by atoms with E-state index >= 15 is 0 Å². The molecule has 0 aliphatic carbocycles. The summed E-state index contributed by atoms with van der Waals surface area (Å²) in [6.45, 7) is 0.749. The Bertz CT molecular complexity index is 1260. The molecule has 140 valence electrons. The quantitative estimate of drug-likeness (QED) is 0.500. The summed E-state index contributed by atoms with van der Waals surface area (Å²) in [6.07, 6.45) is -0.0174. The first-order valence-electron chi connectivity index (χ1n) is 8.99. The average molecular weight is 375 g/mol. The van der Waals surface area contributed by atoms with Gasteiger partial charge in [0, 0.05) is 28.4 Å². The van der Waals surface area contributed by atoms with Gasteiger partial charge in [-0.1, -0.05) is 30.3 Å². The number of aromatic nitrogens is 3. The van der Waals surface area contributed by atoms with Gasteiger partial charge >= 0.3 is 6.09 Å². The van der Waals surface area contributed by atoms with Gasteiger partial charge in [0.05, 0.1) is 12.1 Å². The number of carbonyl (C=O) groups excluding carboxylic acids is 1. The van der Waals surface area contributed by atoms with Crippen LogP contribution in [0, 0.1) is 0 Å². The second-order valence-corrected chi connectivity index (χ2v) is 6.69. The molecule has 2 aromatic heterocycles. The normalized spacial score (nSPS) is 14.1. The van der Waals surface area contributed by atoms with Crippen molar-refractivity contribution in [3.8, 4) is 0 Å². The van der Waals surface area contributed by atoms with Crippen LogP contribution < -0.4 is 10.9 Å². The van der Waals surface area contributed by atoms with Gasteiger partial charge in [0.1, 0.15) is 0 Å². The van der Waals surface area contributed by atoms with Gasteiger partial charge in [-0.05, 0) is 30.2 Å². The molecule has 3 heterocycles. The fraction of sp³-hybridized carbons (Fsp3) is 0.150. The van der Waals surface area contributed by atoms with Crippen molar-refractivity contribution in [1.29, 1.82) is 0 Å². The maximum absolute atomic E-state index is 12.5. The van der Waals surface area contributed by atoms with Crippen LogP contribution in [-0.2, 0) is 17.8 Å². The number of benzene rings is 2. The van der Waals surface area contributed by atoms with Crippen LogP contribution in [0.2, 0.25) is 0 Å². The van der Waals surface area contributed by atoms with Gasteiger partial charge in [0.15, 0.2) is 5.82 Å². The molecule has 5 rings (SSSR count). The molecule has 0 atom stereocenters. The van der Waals surface area contributed by atoms with Crippen LogP contribution in [0.5, 0.6) is 0 Å². The SMILES string of the molecule is O=C(Nc1n[nH]c2ccccc12)ON1CCc2c(c(=O)[nH]c3ccccc23)C1. The van der Waals surface area contributed by atoms with Crippen molar-refractivity contribution in [2.24, 2.45) is 0 Å². The van der Waals surface area contributed by atoms with E-state index < -0.39 is 6.09 Å². The minimum Gasteiger partial charge on any atom is -0.350 e. The third-order valence-corrected chi connectivity index (χ3v) is 4.99. The smallest absolute Gasteiger partial charge is 0.350 e. The lowest BCUT2D eigenvalue weighted by Crippen LogP contribution is -2.37. The molecule has 1 aliphatic heterocycles. The Balaban J connectivity index is 1.34. The standard InChI is InChI=1S/C20H17N5O3/c26-19-15-11-25(10-9-12(15)13-5-1-3-7-16(13)21-19)28-20(27)22-18-14-6-2-4-8-17(14)23-24-18/h1-8H,9-11H2,(H,21,26)(H2,22,23,24,27). The van der Waals surface area contributed by atoms with Crippen molar-refractivity contribution in [3.05, 3.63) is 70.0 Å². The molecule has 4 aromatic rings. The minimum atomic E-state index is -0.641. The Labute approximate surface area is 159 Å².